The number of nitrogens with one attached hydrogen (secondary N) is 5. The zero-order valence-corrected chi connectivity index (χ0v) is 20.8. The fourth-order valence-electron chi connectivity index (χ4n) is 4.41. The Morgan fingerprint density at radius 1 is 0.868 bits per heavy atom. The van der Waals surface area contributed by atoms with Gasteiger partial charge in [0.15, 0.2) is 6.29 Å². The first-order valence-corrected chi connectivity index (χ1v) is 11.6. The molecule has 2 heterocycles. The van der Waals surface area contributed by atoms with Crippen LogP contribution in [0.5, 0.6) is 5.75 Å². The minimum atomic E-state index is -1.04. The van der Waals surface area contributed by atoms with Gasteiger partial charge in [0.25, 0.3) is 0 Å². The third-order valence-electron chi connectivity index (χ3n) is 6.23. The van der Waals surface area contributed by atoms with Gasteiger partial charge in [-0.05, 0) is 42.5 Å². The molecule has 13 heteroatoms. The van der Waals surface area contributed by atoms with Crippen LogP contribution in [0.1, 0.15) is 27.1 Å². The van der Waals surface area contributed by atoms with Crippen molar-refractivity contribution in [3.05, 3.63) is 53.6 Å². The molecule has 13 nitrogen and oxygen atoms in total. The summed E-state index contributed by atoms with van der Waals surface area (Å²) in [6.07, 6.45) is -1.79. The summed E-state index contributed by atoms with van der Waals surface area (Å²) in [6.45, 7) is 0. The molecule has 3 amide bonds. The molecule has 2 fully saturated rings. The lowest BCUT2D eigenvalue weighted by molar-refractivity contribution is -0.144. The first-order valence-electron chi connectivity index (χ1n) is 11.6. The van der Waals surface area contributed by atoms with Gasteiger partial charge in [0.2, 0.25) is 17.7 Å². The van der Waals surface area contributed by atoms with Crippen molar-refractivity contribution in [1.29, 1.82) is 0 Å². The van der Waals surface area contributed by atoms with Crippen molar-refractivity contribution in [1.82, 2.24) is 16.0 Å². The van der Waals surface area contributed by atoms with Crippen LogP contribution in [0.15, 0.2) is 42.5 Å². The number of ether oxygens (including phenoxy) is 3. The Bertz CT molecular complexity index is 1230. The topological polar surface area (TPSA) is 173 Å². The van der Waals surface area contributed by atoms with Gasteiger partial charge in [0.05, 0.1) is 50.5 Å². The number of benzene rings is 2. The van der Waals surface area contributed by atoms with Crippen LogP contribution in [0.4, 0.5) is 11.4 Å². The van der Waals surface area contributed by atoms with Gasteiger partial charge in [0, 0.05) is 17.8 Å². The van der Waals surface area contributed by atoms with Gasteiger partial charge in [-0.1, -0.05) is 0 Å². The van der Waals surface area contributed by atoms with Gasteiger partial charge < -0.3 is 35.5 Å². The van der Waals surface area contributed by atoms with Crippen molar-refractivity contribution < 1.29 is 38.2 Å². The zero-order chi connectivity index (χ0) is 27.4. The first kappa shape index (κ1) is 26.4. The van der Waals surface area contributed by atoms with Crippen molar-refractivity contribution in [2.75, 3.05) is 32.0 Å². The van der Waals surface area contributed by atoms with E-state index in [9.17, 15) is 24.0 Å². The molecular formula is C25H27N5O8. The number of rotatable bonds is 7. The highest BCUT2D eigenvalue weighted by atomic mass is 16.5. The highest BCUT2D eigenvalue weighted by Gasteiger charge is 2.48. The first-order chi connectivity index (χ1) is 18.2. The van der Waals surface area contributed by atoms with Gasteiger partial charge in [-0.3, -0.25) is 19.7 Å². The Labute approximate surface area is 217 Å². The molecule has 0 bridgehead atoms. The van der Waals surface area contributed by atoms with E-state index in [0.29, 0.717) is 11.4 Å². The van der Waals surface area contributed by atoms with E-state index in [1.807, 2.05) is 0 Å². The predicted octanol–water partition coefficient (Wildman–Crippen LogP) is 0.400. The molecule has 0 aliphatic carbocycles. The van der Waals surface area contributed by atoms with Gasteiger partial charge in [-0.15, -0.1) is 0 Å². The molecule has 4 unspecified atom stereocenters. The predicted molar refractivity (Wildman–Crippen MR) is 133 cm³/mol. The fourth-order valence-corrected chi connectivity index (χ4v) is 4.41. The second kappa shape index (κ2) is 11.2. The number of methoxy groups -OCH3 is 3. The van der Waals surface area contributed by atoms with Crippen LogP contribution in [0.25, 0.3) is 0 Å². The Morgan fingerprint density at radius 2 is 1.50 bits per heavy atom. The van der Waals surface area contributed by atoms with Crippen molar-refractivity contribution in [2.24, 2.45) is 11.8 Å². The SMILES string of the molecule is COC(=O)c1cc(NC(=O)C2CC(=O)NC3NC(Nc4ccc(OC)cc4)NC(=O)C32)cc(C(=O)OC)c1. The second-order valence-corrected chi connectivity index (χ2v) is 8.63. The monoisotopic (exact) mass is 525 g/mol. The molecule has 2 aliphatic rings. The molecule has 2 aromatic rings. The Kier molecular flexibility index (Phi) is 7.76. The number of anilines is 2. The summed E-state index contributed by atoms with van der Waals surface area (Å²) in [5, 5.41) is 14.3. The van der Waals surface area contributed by atoms with Crippen LogP contribution in [0.2, 0.25) is 0 Å². The molecule has 0 saturated carbocycles. The maximum Gasteiger partial charge on any atom is 0.337 e. The van der Waals surface area contributed by atoms with Gasteiger partial charge in [-0.2, -0.15) is 0 Å². The van der Waals surface area contributed by atoms with Crippen LogP contribution < -0.4 is 31.3 Å². The summed E-state index contributed by atoms with van der Waals surface area (Å²) in [6, 6.07) is 10.9. The van der Waals surface area contributed by atoms with Crippen LogP contribution >= 0.6 is 0 Å². The van der Waals surface area contributed by atoms with Crippen molar-refractivity contribution in [3.8, 4) is 5.75 Å². The van der Waals surface area contributed by atoms with Crippen LogP contribution in [0, 0.1) is 11.8 Å². The Morgan fingerprint density at radius 3 is 2.08 bits per heavy atom. The fraction of sp³-hybridized carbons (Fsp3) is 0.320. The van der Waals surface area contributed by atoms with E-state index >= 15 is 0 Å². The Balaban J connectivity index is 1.51. The number of carbonyl (C=O) groups excluding carboxylic acids is 5. The van der Waals surface area contributed by atoms with E-state index in [4.69, 9.17) is 14.2 Å². The van der Waals surface area contributed by atoms with Gasteiger partial charge in [-0.25, -0.2) is 9.59 Å². The molecule has 4 atom stereocenters. The molecule has 0 radical (unpaired) electrons. The summed E-state index contributed by atoms with van der Waals surface area (Å²) >= 11 is 0. The summed E-state index contributed by atoms with van der Waals surface area (Å²) in [7, 11) is 3.91. The number of hydrogen-bond donors (Lipinski definition) is 5. The van der Waals surface area contributed by atoms with Crippen LogP contribution in [-0.4, -0.2) is 63.4 Å². The minimum Gasteiger partial charge on any atom is -0.497 e. The minimum absolute atomic E-state index is 0.00879. The third-order valence-corrected chi connectivity index (χ3v) is 6.23. The normalized spacial score (nSPS) is 22.2. The highest BCUT2D eigenvalue weighted by Crippen LogP contribution is 2.29. The van der Waals surface area contributed by atoms with E-state index in [-0.39, 0.29) is 23.2 Å². The maximum absolute atomic E-state index is 13.3. The molecule has 5 N–H and O–H groups in total. The van der Waals surface area contributed by atoms with E-state index < -0.39 is 54.0 Å². The van der Waals surface area contributed by atoms with Gasteiger partial charge >= 0.3 is 11.9 Å². The van der Waals surface area contributed by atoms with Crippen LogP contribution in [-0.2, 0) is 23.9 Å². The number of fused-ring (bicyclic) bond motifs is 1. The lowest BCUT2D eigenvalue weighted by Gasteiger charge is -2.43. The molecule has 38 heavy (non-hydrogen) atoms. The number of piperidine rings is 1. The summed E-state index contributed by atoms with van der Waals surface area (Å²) in [4.78, 5) is 63.0. The van der Waals surface area contributed by atoms with Crippen molar-refractivity contribution >= 4 is 41.0 Å². The number of esters is 2. The van der Waals surface area contributed by atoms with Crippen molar-refractivity contribution in [2.45, 2.75) is 18.9 Å². The van der Waals surface area contributed by atoms with E-state index in [0.717, 1.165) is 0 Å². The third kappa shape index (κ3) is 5.67. The number of carbonyl (C=O) groups is 5. The smallest absolute Gasteiger partial charge is 0.337 e. The average molecular weight is 526 g/mol. The molecule has 2 saturated heterocycles. The Hall–Kier alpha value is -4.65. The molecule has 200 valence electrons. The van der Waals surface area contributed by atoms with E-state index in [1.54, 1.807) is 31.4 Å². The summed E-state index contributed by atoms with van der Waals surface area (Å²) in [5.74, 6) is -4.25. The van der Waals surface area contributed by atoms with Crippen LogP contribution in [0.3, 0.4) is 0 Å². The lowest BCUT2D eigenvalue weighted by Crippen LogP contribution is -2.72. The molecule has 2 aromatic carbocycles. The lowest BCUT2D eigenvalue weighted by atomic mass is 9.81. The zero-order valence-electron chi connectivity index (χ0n) is 20.8. The largest absolute Gasteiger partial charge is 0.497 e. The molecule has 0 aromatic heterocycles. The van der Waals surface area contributed by atoms with Crippen molar-refractivity contribution in [3.63, 3.8) is 0 Å². The van der Waals surface area contributed by atoms with Gasteiger partial charge in [0.1, 0.15) is 5.75 Å². The van der Waals surface area contributed by atoms with E-state index in [1.165, 1.54) is 32.4 Å². The molecule has 4 rings (SSSR count). The highest BCUT2D eigenvalue weighted by molar-refractivity contribution is 6.02. The summed E-state index contributed by atoms with van der Waals surface area (Å²) < 4.78 is 14.6. The average Bonchev–Trinajstić information content (AvgIpc) is 2.91. The molecular weight excluding hydrogens is 498 g/mol. The summed E-state index contributed by atoms with van der Waals surface area (Å²) in [5.41, 5.74) is 0.804. The number of hydrogen-bond acceptors (Lipinski definition) is 10. The maximum atomic E-state index is 13.3. The molecule has 2 aliphatic heterocycles. The number of amides is 3. The molecule has 0 spiro atoms. The quantitative estimate of drug-likeness (QED) is 0.319. The second-order valence-electron chi connectivity index (χ2n) is 8.63. The van der Waals surface area contributed by atoms with E-state index in [2.05, 4.69) is 26.6 Å². The standard InChI is InChI=1S/C25H27N5O8/c1-36-16-6-4-14(5-7-16)27-25-29-20-19(22(33)30-25)17(11-18(31)28-20)21(32)26-15-9-12(23(34)37-2)8-13(10-15)24(35)38-3/h4-10,17,19-20,25,27,29H,11H2,1-3H3,(H,26,32)(H,28,31)(H,30,33).